The molecule has 0 saturated carbocycles. The average Bonchev–Trinajstić information content (AvgIpc) is 2.78. The van der Waals surface area contributed by atoms with Gasteiger partial charge in [-0.15, -0.1) is 0 Å². The topological polar surface area (TPSA) is 84.9 Å². The van der Waals surface area contributed by atoms with Gasteiger partial charge in [0.25, 0.3) is 5.91 Å². The lowest BCUT2D eigenvalue weighted by Gasteiger charge is -2.27. The summed E-state index contributed by atoms with van der Waals surface area (Å²) in [7, 11) is -3.65. The molecule has 0 bridgehead atoms. The Bertz CT molecular complexity index is 1040. The molecule has 0 aliphatic carbocycles. The summed E-state index contributed by atoms with van der Waals surface area (Å²) >= 11 is 6.19. The lowest BCUT2D eigenvalue weighted by atomic mass is 10.2. The van der Waals surface area contributed by atoms with Crippen molar-refractivity contribution in [2.24, 2.45) is 0 Å². The minimum Gasteiger partial charge on any atom is -0.486 e. The van der Waals surface area contributed by atoms with Gasteiger partial charge < -0.3 is 14.8 Å². The summed E-state index contributed by atoms with van der Waals surface area (Å²) in [6, 6.07) is 11.6. The smallest absolute Gasteiger partial charge is 0.252 e. The van der Waals surface area contributed by atoms with Crippen LogP contribution in [0.3, 0.4) is 0 Å². The van der Waals surface area contributed by atoms with Gasteiger partial charge in [0.2, 0.25) is 10.0 Å². The molecule has 1 amide bonds. The highest BCUT2D eigenvalue weighted by atomic mass is 35.5. The van der Waals surface area contributed by atoms with E-state index in [0.717, 1.165) is 19.3 Å². The summed E-state index contributed by atoms with van der Waals surface area (Å²) in [4.78, 5) is 12.8. The van der Waals surface area contributed by atoms with E-state index in [9.17, 15) is 13.2 Å². The van der Waals surface area contributed by atoms with Gasteiger partial charge in [0.15, 0.2) is 11.5 Å². The molecule has 1 atom stereocenters. The van der Waals surface area contributed by atoms with E-state index in [1.54, 1.807) is 6.07 Å². The molecule has 2 aliphatic rings. The molecule has 1 N–H and O–H groups in total. The van der Waals surface area contributed by atoms with Gasteiger partial charge in [0, 0.05) is 13.1 Å². The number of hydrogen-bond donors (Lipinski definition) is 1. The second-order valence-electron chi connectivity index (χ2n) is 7.31. The Morgan fingerprint density at radius 3 is 2.60 bits per heavy atom. The minimum atomic E-state index is -3.65. The zero-order chi connectivity index (χ0) is 21.1. The lowest BCUT2D eigenvalue weighted by molar-refractivity contribution is 0.0789. The predicted molar refractivity (Wildman–Crippen MR) is 113 cm³/mol. The molecule has 2 aliphatic heterocycles. The number of benzene rings is 2. The quantitative estimate of drug-likeness (QED) is 0.756. The fraction of sp³-hybridized carbons (Fsp3) is 0.381. The number of fused-ring (bicyclic) bond motifs is 1. The van der Waals surface area contributed by atoms with E-state index in [-0.39, 0.29) is 28.1 Å². The van der Waals surface area contributed by atoms with E-state index in [2.05, 4.69) is 5.32 Å². The van der Waals surface area contributed by atoms with E-state index in [1.165, 1.54) is 22.5 Å². The van der Waals surface area contributed by atoms with E-state index in [4.69, 9.17) is 21.1 Å². The number of carbonyl (C=O) groups is 1. The van der Waals surface area contributed by atoms with Crippen LogP contribution < -0.4 is 14.8 Å². The maximum atomic E-state index is 12.9. The number of nitrogens with zero attached hydrogens (tertiary/aromatic N) is 1. The highest BCUT2D eigenvalue weighted by molar-refractivity contribution is 7.89. The number of piperidine rings is 1. The van der Waals surface area contributed by atoms with Crippen LogP contribution in [0, 0.1) is 0 Å². The Hall–Kier alpha value is -2.29. The van der Waals surface area contributed by atoms with Gasteiger partial charge in [-0.3, -0.25) is 4.79 Å². The SMILES string of the molecule is O=C(NCC1COc2ccccc2O1)c1cc(S(=O)(=O)N2CCCCC2)ccc1Cl. The molecule has 1 unspecified atom stereocenters. The summed E-state index contributed by atoms with van der Waals surface area (Å²) in [5, 5.41) is 2.95. The Labute approximate surface area is 181 Å². The van der Waals surface area contributed by atoms with Gasteiger partial charge in [-0.05, 0) is 43.2 Å². The molecule has 0 radical (unpaired) electrons. The van der Waals surface area contributed by atoms with Crippen LogP contribution in [0.15, 0.2) is 47.4 Å². The number of ether oxygens (including phenoxy) is 2. The molecule has 9 heteroatoms. The van der Waals surface area contributed by atoms with Crippen LogP contribution in [0.5, 0.6) is 11.5 Å². The van der Waals surface area contributed by atoms with Crippen molar-refractivity contribution in [3.05, 3.63) is 53.1 Å². The van der Waals surface area contributed by atoms with Crippen molar-refractivity contribution in [3.8, 4) is 11.5 Å². The first-order valence-corrected chi connectivity index (χ1v) is 11.7. The van der Waals surface area contributed by atoms with Crippen LogP contribution in [-0.4, -0.2) is 51.0 Å². The van der Waals surface area contributed by atoms with Crippen molar-refractivity contribution < 1.29 is 22.7 Å². The minimum absolute atomic E-state index is 0.0742. The number of halogens is 1. The lowest BCUT2D eigenvalue weighted by Crippen LogP contribution is -2.41. The molecular weight excluding hydrogens is 428 g/mol. The second-order valence-corrected chi connectivity index (χ2v) is 9.66. The predicted octanol–water partition coefficient (Wildman–Crippen LogP) is 3.08. The van der Waals surface area contributed by atoms with E-state index >= 15 is 0 Å². The van der Waals surface area contributed by atoms with E-state index in [0.29, 0.717) is 31.2 Å². The maximum Gasteiger partial charge on any atom is 0.252 e. The number of hydrogen-bond acceptors (Lipinski definition) is 5. The molecular formula is C21H23ClN2O5S. The number of carbonyl (C=O) groups excluding carboxylic acids is 1. The molecule has 2 aromatic carbocycles. The summed E-state index contributed by atoms with van der Waals surface area (Å²) in [5.74, 6) is 0.826. The molecule has 160 valence electrons. The zero-order valence-corrected chi connectivity index (χ0v) is 17.9. The van der Waals surface area contributed by atoms with Crippen LogP contribution in [0.1, 0.15) is 29.6 Å². The Balaban J connectivity index is 1.45. The number of nitrogens with one attached hydrogen (secondary N) is 1. The first-order chi connectivity index (χ1) is 14.4. The fourth-order valence-electron chi connectivity index (χ4n) is 3.56. The van der Waals surface area contributed by atoms with Gasteiger partial charge in [0.05, 0.1) is 22.0 Å². The summed E-state index contributed by atoms with van der Waals surface area (Å²) in [6.45, 7) is 1.49. The third-order valence-electron chi connectivity index (χ3n) is 5.19. The second kappa shape index (κ2) is 8.83. The first kappa shape index (κ1) is 21.0. The highest BCUT2D eigenvalue weighted by Gasteiger charge is 2.28. The van der Waals surface area contributed by atoms with Crippen LogP contribution in [0.25, 0.3) is 0 Å². The number of para-hydroxylation sites is 2. The van der Waals surface area contributed by atoms with Gasteiger partial charge in [-0.25, -0.2) is 8.42 Å². The monoisotopic (exact) mass is 450 g/mol. The normalized spacial score (nSPS) is 19.3. The van der Waals surface area contributed by atoms with Crippen LogP contribution in [0.2, 0.25) is 5.02 Å². The molecule has 1 saturated heterocycles. The molecule has 2 heterocycles. The van der Waals surface area contributed by atoms with Crippen LogP contribution >= 0.6 is 11.6 Å². The zero-order valence-electron chi connectivity index (χ0n) is 16.3. The van der Waals surface area contributed by atoms with Crippen LogP contribution in [0.4, 0.5) is 0 Å². The van der Waals surface area contributed by atoms with Crippen molar-refractivity contribution in [1.29, 1.82) is 0 Å². The molecule has 4 rings (SSSR count). The molecule has 0 aromatic heterocycles. The average molecular weight is 451 g/mol. The Morgan fingerprint density at radius 1 is 1.10 bits per heavy atom. The third kappa shape index (κ3) is 4.40. The largest absolute Gasteiger partial charge is 0.486 e. The molecule has 2 aromatic rings. The van der Waals surface area contributed by atoms with Gasteiger partial charge in [-0.1, -0.05) is 30.2 Å². The highest BCUT2D eigenvalue weighted by Crippen LogP contribution is 2.31. The van der Waals surface area contributed by atoms with Gasteiger partial charge in [0.1, 0.15) is 12.7 Å². The van der Waals surface area contributed by atoms with Gasteiger partial charge >= 0.3 is 0 Å². The van der Waals surface area contributed by atoms with Crippen molar-refractivity contribution >= 4 is 27.5 Å². The molecule has 1 fully saturated rings. The van der Waals surface area contributed by atoms with E-state index in [1.807, 2.05) is 18.2 Å². The van der Waals surface area contributed by atoms with Gasteiger partial charge in [-0.2, -0.15) is 4.31 Å². The Morgan fingerprint density at radius 2 is 1.83 bits per heavy atom. The number of sulfonamides is 1. The standard InChI is InChI=1S/C21H23ClN2O5S/c22-18-9-8-16(30(26,27)24-10-4-1-5-11-24)12-17(18)21(25)23-13-15-14-28-19-6-2-3-7-20(19)29-15/h2-3,6-9,12,15H,1,4-5,10-11,13-14H2,(H,23,25). The number of amides is 1. The van der Waals surface area contributed by atoms with Crippen molar-refractivity contribution in [3.63, 3.8) is 0 Å². The number of rotatable bonds is 5. The molecule has 0 spiro atoms. The first-order valence-electron chi connectivity index (χ1n) is 9.91. The Kier molecular flexibility index (Phi) is 6.17. The molecule has 30 heavy (non-hydrogen) atoms. The third-order valence-corrected chi connectivity index (χ3v) is 7.42. The summed E-state index contributed by atoms with van der Waals surface area (Å²) in [5.41, 5.74) is 0.117. The molecule has 7 nitrogen and oxygen atoms in total. The summed E-state index contributed by atoms with van der Waals surface area (Å²) < 4.78 is 38.8. The van der Waals surface area contributed by atoms with E-state index < -0.39 is 15.9 Å². The fourth-order valence-corrected chi connectivity index (χ4v) is 5.31. The van der Waals surface area contributed by atoms with Crippen molar-refractivity contribution in [2.75, 3.05) is 26.2 Å². The van der Waals surface area contributed by atoms with Crippen molar-refractivity contribution in [1.82, 2.24) is 9.62 Å². The van der Waals surface area contributed by atoms with Crippen molar-refractivity contribution in [2.45, 2.75) is 30.3 Å². The summed E-state index contributed by atoms with van der Waals surface area (Å²) in [6.07, 6.45) is 2.35. The van der Waals surface area contributed by atoms with Crippen LogP contribution in [-0.2, 0) is 10.0 Å². The maximum absolute atomic E-state index is 12.9.